The quantitative estimate of drug-likeness (QED) is 0.260. The monoisotopic (exact) mass is 400 g/mol. The van der Waals surface area contributed by atoms with Crippen LogP contribution in [0.2, 0.25) is 0 Å². The van der Waals surface area contributed by atoms with E-state index in [1.165, 1.54) is 6.92 Å². The third kappa shape index (κ3) is 8.65. The maximum Gasteiger partial charge on any atom is 0.358 e. The largest absolute Gasteiger partial charge is 0.481 e. The molecular weight excluding hydrogens is 376 g/mol. The van der Waals surface area contributed by atoms with Gasteiger partial charge in [-0.3, -0.25) is 9.59 Å². The third-order valence-electron chi connectivity index (χ3n) is 4.12. The molecule has 0 bridgehead atoms. The summed E-state index contributed by atoms with van der Waals surface area (Å²) in [6.45, 7) is 4.58. The van der Waals surface area contributed by atoms with Crippen LogP contribution in [-0.4, -0.2) is 47.7 Å². The van der Waals surface area contributed by atoms with Crippen LogP contribution in [0.4, 0.5) is 0 Å². The van der Waals surface area contributed by atoms with E-state index in [1.807, 2.05) is 0 Å². The van der Waals surface area contributed by atoms with E-state index in [0.717, 1.165) is 6.08 Å². The minimum Gasteiger partial charge on any atom is -0.481 e. The van der Waals surface area contributed by atoms with Crippen molar-refractivity contribution in [3.05, 3.63) is 12.7 Å². The molecule has 1 unspecified atom stereocenters. The van der Waals surface area contributed by atoms with Gasteiger partial charge >= 0.3 is 29.8 Å². The second-order valence-corrected chi connectivity index (χ2v) is 6.38. The number of hydrogen-bond acceptors (Lipinski definition) is 9. The average molecular weight is 400 g/mol. The minimum absolute atomic E-state index is 0.150. The van der Waals surface area contributed by atoms with Gasteiger partial charge in [0.05, 0.1) is 24.7 Å². The second kappa shape index (κ2) is 11.7. The van der Waals surface area contributed by atoms with Gasteiger partial charge < -0.3 is 14.6 Å². The maximum absolute atomic E-state index is 11.8. The number of ether oxygens (including phenoxy) is 2. The standard InChI is InChI=1S/C18H24O10/c1-3-14(19)25-10-11(2)26-15(20)8-9-16(21)27-28-18(24)13-6-4-12(5-7-13)17(22)23/h3,11-13H,1,4-10H2,2H3,(H,22,23)/t11?,12-,13-. The predicted molar refractivity (Wildman–Crippen MR) is 91.2 cm³/mol. The van der Waals surface area contributed by atoms with Crippen LogP contribution in [0.1, 0.15) is 45.4 Å². The molecule has 1 aliphatic rings. The van der Waals surface area contributed by atoms with Gasteiger partial charge in [-0.25, -0.2) is 24.2 Å². The lowest BCUT2D eigenvalue weighted by Crippen LogP contribution is -2.27. The molecular formula is C18H24O10. The highest BCUT2D eigenvalue weighted by atomic mass is 17.2. The molecule has 0 spiro atoms. The van der Waals surface area contributed by atoms with E-state index in [9.17, 15) is 24.0 Å². The number of rotatable bonds is 9. The zero-order chi connectivity index (χ0) is 21.1. The van der Waals surface area contributed by atoms with Crippen LogP contribution in [0, 0.1) is 11.8 Å². The minimum atomic E-state index is -0.921. The Morgan fingerprint density at radius 3 is 2.14 bits per heavy atom. The molecule has 0 radical (unpaired) electrons. The van der Waals surface area contributed by atoms with E-state index in [4.69, 9.17) is 14.6 Å². The lowest BCUT2D eigenvalue weighted by molar-refractivity contribution is -0.263. The Kier molecular flexibility index (Phi) is 9.69. The number of carboxylic acids is 1. The summed E-state index contributed by atoms with van der Waals surface area (Å²) in [4.78, 5) is 65.6. The molecule has 1 aliphatic carbocycles. The average Bonchev–Trinajstić information content (AvgIpc) is 2.68. The molecule has 0 heterocycles. The number of carbonyl (C=O) groups is 5. The first kappa shape index (κ1) is 23.1. The van der Waals surface area contributed by atoms with Crippen LogP contribution in [0.3, 0.4) is 0 Å². The van der Waals surface area contributed by atoms with Gasteiger partial charge in [0.2, 0.25) is 0 Å². The van der Waals surface area contributed by atoms with Gasteiger partial charge in [0.1, 0.15) is 12.7 Å². The van der Waals surface area contributed by atoms with Gasteiger partial charge in [0.15, 0.2) is 0 Å². The van der Waals surface area contributed by atoms with Crippen LogP contribution in [-0.2, 0) is 43.2 Å². The van der Waals surface area contributed by atoms with Gasteiger partial charge in [-0.15, -0.1) is 0 Å². The summed E-state index contributed by atoms with van der Waals surface area (Å²) in [6, 6.07) is 0. The van der Waals surface area contributed by atoms with Crippen molar-refractivity contribution in [1.29, 1.82) is 0 Å². The molecule has 1 atom stereocenters. The van der Waals surface area contributed by atoms with E-state index in [2.05, 4.69) is 16.4 Å². The van der Waals surface area contributed by atoms with E-state index < -0.39 is 47.8 Å². The molecule has 0 saturated heterocycles. The van der Waals surface area contributed by atoms with Gasteiger partial charge in [-0.2, -0.15) is 0 Å². The Balaban J connectivity index is 2.20. The Morgan fingerprint density at radius 1 is 1.00 bits per heavy atom. The molecule has 28 heavy (non-hydrogen) atoms. The Labute approximate surface area is 161 Å². The first-order valence-electron chi connectivity index (χ1n) is 8.85. The van der Waals surface area contributed by atoms with Crippen LogP contribution in [0.25, 0.3) is 0 Å². The van der Waals surface area contributed by atoms with E-state index >= 15 is 0 Å². The van der Waals surface area contributed by atoms with Crippen molar-refractivity contribution < 1.29 is 48.3 Å². The number of esters is 2. The highest BCUT2D eigenvalue weighted by molar-refractivity contribution is 5.81. The van der Waals surface area contributed by atoms with Gasteiger partial charge in [0, 0.05) is 6.08 Å². The van der Waals surface area contributed by atoms with Crippen molar-refractivity contribution in [1.82, 2.24) is 0 Å². The molecule has 1 rings (SSSR count). The Morgan fingerprint density at radius 2 is 1.57 bits per heavy atom. The van der Waals surface area contributed by atoms with Crippen molar-refractivity contribution in [2.45, 2.75) is 51.6 Å². The van der Waals surface area contributed by atoms with Crippen molar-refractivity contribution in [3.8, 4) is 0 Å². The highest BCUT2D eigenvalue weighted by Gasteiger charge is 2.31. The van der Waals surface area contributed by atoms with E-state index in [1.54, 1.807) is 0 Å². The summed E-state index contributed by atoms with van der Waals surface area (Å²) in [5.41, 5.74) is 0. The first-order valence-corrected chi connectivity index (χ1v) is 8.85. The maximum atomic E-state index is 11.8. The predicted octanol–water partition coefficient (Wildman–Crippen LogP) is 1.32. The van der Waals surface area contributed by atoms with Crippen molar-refractivity contribution in [2.75, 3.05) is 6.61 Å². The molecule has 156 valence electrons. The fourth-order valence-corrected chi connectivity index (χ4v) is 2.55. The van der Waals surface area contributed by atoms with E-state index in [-0.39, 0.29) is 19.4 Å². The van der Waals surface area contributed by atoms with Crippen LogP contribution < -0.4 is 0 Å². The smallest absolute Gasteiger partial charge is 0.358 e. The van der Waals surface area contributed by atoms with Crippen LogP contribution in [0.5, 0.6) is 0 Å². The SMILES string of the molecule is C=CC(=O)OCC(C)OC(=O)CCC(=O)OOC(=O)[C@H]1CC[C@H](C(=O)O)CC1. The molecule has 0 aromatic rings. The summed E-state index contributed by atoms with van der Waals surface area (Å²) in [6.07, 6.45) is 0.999. The fraction of sp³-hybridized carbons (Fsp3) is 0.611. The fourth-order valence-electron chi connectivity index (χ4n) is 2.55. The van der Waals surface area contributed by atoms with Gasteiger partial charge in [-0.1, -0.05) is 6.58 Å². The van der Waals surface area contributed by atoms with Crippen LogP contribution >= 0.6 is 0 Å². The second-order valence-electron chi connectivity index (χ2n) is 6.38. The number of aliphatic carboxylic acids is 1. The van der Waals surface area contributed by atoms with Crippen molar-refractivity contribution >= 4 is 29.8 Å². The summed E-state index contributed by atoms with van der Waals surface area (Å²) in [5, 5.41) is 8.91. The zero-order valence-corrected chi connectivity index (χ0v) is 15.6. The highest BCUT2D eigenvalue weighted by Crippen LogP contribution is 2.29. The summed E-state index contributed by atoms with van der Waals surface area (Å²) in [7, 11) is 0. The molecule has 0 amide bonds. The summed E-state index contributed by atoms with van der Waals surface area (Å²) >= 11 is 0. The molecule has 0 aromatic heterocycles. The molecule has 1 N–H and O–H groups in total. The number of carboxylic acid groups (broad SMARTS) is 1. The van der Waals surface area contributed by atoms with Crippen molar-refractivity contribution in [2.24, 2.45) is 11.8 Å². The van der Waals surface area contributed by atoms with Gasteiger partial charge in [-0.05, 0) is 32.6 Å². The molecule has 1 saturated carbocycles. The topological polar surface area (TPSA) is 142 Å². The van der Waals surface area contributed by atoms with Crippen LogP contribution in [0.15, 0.2) is 12.7 Å². The molecule has 0 aromatic carbocycles. The van der Waals surface area contributed by atoms with Crippen molar-refractivity contribution in [3.63, 3.8) is 0 Å². The Bertz CT molecular complexity index is 603. The molecule has 10 nitrogen and oxygen atoms in total. The normalized spacial score (nSPS) is 19.6. The summed E-state index contributed by atoms with van der Waals surface area (Å²) in [5.74, 6) is -4.90. The lowest BCUT2D eigenvalue weighted by Gasteiger charge is -2.23. The lowest BCUT2D eigenvalue weighted by atomic mass is 9.82. The van der Waals surface area contributed by atoms with E-state index in [0.29, 0.717) is 25.7 Å². The molecule has 10 heteroatoms. The number of carbonyl (C=O) groups excluding carboxylic acids is 4. The zero-order valence-electron chi connectivity index (χ0n) is 15.6. The molecule has 1 fully saturated rings. The Hall–Kier alpha value is -2.91. The number of hydrogen-bond donors (Lipinski definition) is 1. The summed E-state index contributed by atoms with van der Waals surface area (Å²) < 4.78 is 9.64. The first-order chi connectivity index (χ1) is 13.2. The third-order valence-corrected chi connectivity index (χ3v) is 4.12. The van der Waals surface area contributed by atoms with Gasteiger partial charge in [0.25, 0.3) is 0 Å². The molecule has 0 aliphatic heterocycles.